The van der Waals surface area contributed by atoms with E-state index in [1.807, 2.05) is 6.20 Å². The second kappa shape index (κ2) is 5.66. The minimum Gasteiger partial charge on any atom is -0.261 e. The largest absolute Gasteiger partial charge is 0.261 e. The predicted molar refractivity (Wildman–Crippen MR) is 75.2 cm³/mol. The van der Waals surface area contributed by atoms with Crippen LogP contribution in [-0.2, 0) is 0 Å². The standard InChI is InChI=1S/C16H25N/c1-4-13(3)15-8-7-14-6-5-12(2)9-10-17-16(14)11-15/h6,9-10,12-13,15H,4-5,7-8,11H2,1-3H3/b10-9+,14-6?,17-16?. The average molecular weight is 231 g/mol. The van der Waals surface area contributed by atoms with Gasteiger partial charge in [0.25, 0.3) is 0 Å². The molecule has 0 bridgehead atoms. The molecule has 3 atom stereocenters. The number of hydrogen-bond donors (Lipinski definition) is 0. The Morgan fingerprint density at radius 1 is 1.47 bits per heavy atom. The van der Waals surface area contributed by atoms with Gasteiger partial charge in [-0.1, -0.05) is 39.3 Å². The second-order valence-electron chi connectivity index (χ2n) is 5.75. The summed E-state index contributed by atoms with van der Waals surface area (Å²) in [5.41, 5.74) is 2.89. The Morgan fingerprint density at radius 3 is 3.06 bits per heavy atom. The number of fused-ring (bicyclic) bond motifs is 1. The minimum absolute atomic E-state index is 0.639. The van der Waals surface area contributed by atoms with Crippen molar-refractivity contribution in [3.63, 3.8) is 0 Å². The maximum Gasteiger partial charge on any atom is 0.0435 e. The first-order valence-corrected chi connectivity index (χ1v) is 7.13. The number of hydrogen-bond acceptors (Lipinski definition) is 1. The topological polar surface area (TPSA) is 12.4 Å². The normalized spacial score (nSPS) is 32.6. The molecule has 0 aromatic heterocycles. The highest BCUT2D eigenvalue weighted by molar-refractivity contribution is 6.01. The van der Waals surface area contributed by atoms with E-state index in [1.165, 1.54) is 43.4 Å². The van der Waals surface area contributed by atoms with Crippen LogP contribution >= 0.6 is 0 Å². The van der Waals surface area contributed by atoms with E-state index in [2.05, 4.69) is 32.9 Å². The molecule has 1 fully saturated rings. The molecule has 1 saturated carbocycles. The summed E-state index contributed by atoms with van der Waals surface area (Å²) in [5, 5.41) is 0. The predicted octanol–water partition coefficient (Wildman–Crippen LogP) is 4.75. The van der Waals surface area contributed by atoms with Gasteiger partial charge in [-0.25, -0.2) is 0 Å². The summed E-state index contributed by atoms with van der Waals surface area (Å²) >= 11 is 0. The zero-order valence-electron chi connectivity index (χ0n) is 11.4. The Hall–Kier alpha value is -0.850. The van der Waals surface area contributed by atoms with Crippen LogP contribution in [0.4, 0.5) is 0 Å². The van der Waals surface area contributed by atoms with Crippen molar-refractivity contribution < 1.29 is 0 Å². The van der Waals surface area contributed by atoms with Crippen molar-refractivity contribution in [3.8, 4) is 0 Å². The fourth-order valence-electron chi connectivity index (χ4n) is 2.83. The van der Waals surface area contributed by atoms with E-state index in [-0.39, 0.29) is 0 Å². The Morgan fingerprint density at radius 2 is 2.29 bits per heavy atom. The Kier molecular flexibility index (Phi) is 4.20. The summed E-state index contributed by atoms with van der Waals surface area (Å²) in [5.74, 6) is 2.33. The quantitative estimate of drug-likeness (QED) is 0.650. The zero-order valence-corrected chi connectivity index (χ0v) is 11.4. The molecular weight excluding hydrogens is 206 g/mol. The molecule has 1 nitrogen and oxygen atoms in total. The third kappa shape index (κ3) is 3.08. The number of allylic oxidation sites excluding steroid dienone is 3. The third-order valence-corrected chi connectivity index (χ3v) is 4.44. The fourth-order valence-corrected chi connectivity index (χ4v) is 2.83. The molecule has 2 rings (SSSR count). The van der Waals surface area contributed by atoms with Gasteiger partial charge in [-0.2, -0.15) is 0 Å². The Labute approximate surface area is 106 Å². The lowest BCUT2D eigenvalue weighted by molar-refractivity contribution is 0.329. The third-order valence-electron chi connectivity index (χ3n) is 4.44. The summed E-state index contributed by atoms with van der Waals surface area (Å²) in [6.45, 7) is 6.96. The van der Waals surface area contributed by atoms with Gasteiger partial charge in [0.05, 0.1) is 0 Å². The van der Waals surface area contributed by atoms with Crippen molar-refractivity contribution in [2.24, 2.45) is 22.7 Å². The van der Waals surface area contributed by atoms with Crippen LogP contribution in [0.1, 0.15) is 52.9 Å². The van der Waals surface area contributed by atoms with Crippen LogP contribution in [-0.4, -0.2) is 5.71 Å². The molecule has 0 spiro atoms. The molecule has 1 aliphatic heterocycles. The van der Waals surface area contributed by atoms with Crippen LogP contribution < -0.4 is 0 Å². The van der Waals surface area contributed by atoms with Gasteiger partial charge >= 0.3 is 0 Å². The highest BCUT2D eigenvalue weighted by atomic mass is 14.7. The summed E-state index contributed by atoms with van der Waals surface area (Å²) in [7, 11) is 0. The molecule has 1 heteroatoms. The Balaban J connectivity index is 2.13. The molecule has 3 unspecified atom stereocenters. The number of rotatable bonds is 2. The summed E-state index contributed by atoms with van der Waals surface area (Å²) in [6, 6.07) is 0. The maximum absolute atomic E-state index is 4.69. The first-order chi connectivity index (χ1) is 8.20. The maximum atomic E-state index is 4.69. The number of aliphatic imine (C=N–C) groups is 1. The lowest BCUT2D eigenvalue weighted by Gasteiger charge is -2.30. The molecule has 1 heterocycles. The highest BCUT2D eigenvalue weighted by Crippen LogP contribution is 2.34. The van der Waals surface area contributed by atoms with Crippen molar-refractivity contribution in [1.82, 2.24) is 0 Å². The number of nitrogens with zero attached hydrogens (tertiary/aromatic N) is 1. The van der Waals surface area contributed by atoms with E-state index in [9.17, 15) is 0 Å². The molecule has 0 aromatic rings. The molecule has 0 saturated heterocycles. The first kappa shape index (κ1) is 12.6. The molecule has 94 valence electrons. The first-order valence-electron chi connectivity index (χ1n) is 7.13. The molecule has 2 aliphatic rings. The van der Waals surface area contributed by atoms with Crippen LogP contribution in [0.15, 0.2) is 28.9 Å². The van der Waals surface area contributed by atoms with Gasteiger partial charge in [-0.3, -0.25) is 4.99 Å². The molecule has 1 aliphatic carbocycles. The van der Waals surface area contributed by atoms with Crippen LogP contribution in [0.3, 0.4) is 0 Å². The molecule has 0 amide bonds. The van der Waals surface area contributed by atoms with Gasteiger partial charge in [0.2, 0.25) is 0 Å². The van der Waals surface area contributed by atoms with E-state index >= 15 is 0 Å². The lowest BCUT2D eigenvalue weighted by atomic mass is 9.76. The SMILES string of the molecule is CCC(C)C1CCC2=CCC(C)/C=C/N=C2C1. The molecule has 0 radical (unpaired) electrons. The van der Waals surface area contributed by atoms with E-state index in [1.54, 1.807) is 0 Å². The monoisotopic (exact) mass is 231 g/mol. The van der Waals surface area contributed by atoms with Gasteiger partial charge in [0.15, 0.2) is 0 Å². The van der Waals surface area contributed by atoms with E-state index in [0.29, 0.717) is 5.92 Å². The van der Waals surface area contributed by atoms with Crippen molar-refractivity contribution in [1.29, 1.82) is 0 Å². The molecule has 0 N–H and O–H groups in total. The molecule has 0 aromatic carbocycles. The van der Waals surface area contributed by atoms with Gasteiger partial charge < -0.3 is 0 Å². The van der Waals surface area contributed by atoms with E-state index in [0.717, 1.165) is 11.8 Å². The van der Waals surface area contributed by atoms with Crippen molar-refractivity contribution in [3.05, 3.63) is 23.9 Å². The minimum atomic E-state index is 0.639. The molecular formula is C16H25N. The van der Waals surface area contributed by atoms with Crippen molar-refractivity contribution in [2.75, 3.05) is 0 Å². The summed E-state index contributed by atoms with van der Waals surface area (Å²) < 4.78 is 0. The zero-order chi connectivity index (χ0) is 12.3. The summed E-state index contributed by atoms with van der Waals surface area (Å²) in [4.78, 5) is 4.69. The average Bonchev–Trinajstić information content (AvgIpc) is 2.33. The summed E-state index contributed by atoms with van der Waals surface area (Å²) in [6.07, 6.45) is 13.0. The highest BCUT2D eigenvalue weighted by Gasteiger charge is 2.25. The van der Waals surface area contributed by atoms with Gasteiger partial charge in [-0.15, -0.1) is 0 Å². The van der Waals surface area contributed by atoms with Gasteiger partial charge in [-0.05, 0) is 49.0 Å². The van der Waals surface area contributed by atoms with Gasteiger partial charge in [0, 0.05) is 11.9 Å². The molecule has 17 heavy (non-hydrogen) atoms. The Bertz CT molecular complexity index is 349. The van der Waals surface area contributed by atoms with Crippen molar-refractivity contribution >= 4 is 5.71 Å². The van der Waals surface area contributed by atoms with E-state index < -0.39 is 0 Å². The lowest BCUT2D eigenvalue weighted by Crippen LogP contribution is -2.23. The van der Waals surface area contributed by atoms with Crippen LogP contribution in [0, 0.1) is 17.8 Å². The van der Waals surface area contributed by atoms with Crippen LogP contribution in [0.25, 0.3) is 0 Å². The van der Waals surface area contributed by atoms with E-state index in [4.69, 9.17) is 4.99 Å². The smallest absolute Gasteiger partial charge is 0.0435 e. The van der Waals surface area contributed by atoms with Gasteiger partial charge in [0.1, 0.15) is 0 Å². The van der Waals surface area contributed by atoms with Crippen LogP contribution in [0.2, 0.25) is 0 Å². The van der Waals surface area contributed by atoms with Crippen molar-refractivity contribution in [2.45, 2.75) is 52.9 Å². The fraction of sp³-hybridized carbons (Fsp3) is 0.688. The second-order valence-corrected chi connectivity index (χ2v) is 5.75. The van der Waals surface area contributed by atoms with Crippen LogP contribution in [0.5, 0.6) is 0 Å².